The lowest BCUT2D eigenvalue weighted by atomic mass is 9.89. The van der Waals surface area contributed by atoms with Crippen LogP contribution in [0.4, 0.5) is 0 Å². The SMILES string of the molecule is C[N+](C)(CCOC(=O)C1CCCCC1)Cc1ccccc1.[Cl-]. The Morgan fingerprint density at radius 3 is 2.41 bits per heavy atom. The van der Waals surface area contributed by atoms with E-state index in [0.717, 1.165) is 30.4 Å². The average molecular weight is 326 g/mol. The number of quaternary nitrogens is 1. The molecular weight excluding hydrogens is 298 g/mol. The third-order valence-corrected chi connectivity index (χ3v) is 4.33. The Bertz CT molecular complexity index is 442. The van der Waals surface area contributed by atoms with Gasteiger partial charge in [0.25, 0.3) is 0 Å². The molecule has 0 unspecified atom stereocenters. The van der Waals surface area contributed by atoms with Gasteiger partial charge in [-0.05, 0) is 12.8 Å². The monoisotopic (exact) mass is 325 g/mol. The molecule has 3 nitrogen and oxygen atoms in total. The van der Waals surface area contributed by atoms with E-state index >= 15 is 0 Å². The van der Waals surface area contributed by atoms with Gasteiger partial charge in [0.1, 0.15) is 19.7 Å². The predicted molar refractivity (Wildman–Crippen MR) is 84.7 cm³/mol. The summed E-state index contributed by atoms with van der Waals surface area (Å²) < 4.78 is 6.34. The third kappa shape index (κ3) is 6.37. The first-order valence-electron chi connectivity index (χ1n) is 8.09. The van der Waals surface area contributed by atoms with Gasteiger partial charge in [0, 0.05) is 5.56 Å². The van der Waals surface area contributed by atoms with Crippen LogP contribution in [0.2, 0.25) is 0 Å². The molecule has 0 N–H and O–H groups in total. The normalized spacial score (nSPS) is 15.9. The lowest BCUT2D eigenvalue weighted by molar-refractivity contribution is -0.903. The van der Waals surface area contributed by atoms with Crippen LogP contribution in [0.15, 0.2) is 30.3 Å². The number of hydrogen-bond acceptors (Lipinski definition) is 2. The molecular formula is C18H28ClNO2. The summed E-state index contributed by atoms with van der Waals surface area (Å²) in [6, 6.07) is 10.5. The van der Waals surface area contributed by atoms with E-state index in [2.05, 4.69) is 38.4 Å². The number of nitrogens with zero attached hydrogens (tertiary/aromatic N) is 1. The molecule has 0 aromatic heterocycles. The minimum Gasteiger partial charge on any atom is -1.00 e. The van der Waals surface area contributed by atoms with Crippen LogP contribution in [0.3, 0.4) is 0 Å². The van der Waals surface area contributed by atoms with Crippen LogP contribution in [-0.2, 0) is 16.1 Å². The number of benzene rings is 1. The van der Waals surface area contributed by atoms with Gasteiger partial charge in [-0.1, -0.05) is 49.6 Å². The van der Waals surface area contributed by atoms with Crippen molar-refractivity contribution in [3.8, 4) is 0 Å². The molecule has 0 saturated heterocycles. The van der Waals surface area contributed by atoms with Gasteiger partial charge in [-0.3, -0.25) is 4.79 Å². The Labute approximate surface area is 140 Å². The fourth-order valence-corrected chi connectivity index (χ4v) is 3.01. The first kappa shape index (κ1) is 19.0. The lowest BCUT2D eigenvalue weighted by Crippen LogP contribution is -3.00. The molecule has 0 radical (unpaired) electrons. The molecule has 0 atom stereocenters. The summed E-state index contributed by atoms with van der Waals surface area (Å²) in [6.45, 7) is 2.34. The highest BCUT2D eigenvalue weighted by Gasteiger charge is 2.23. The largest absolute Gasteiger partial charge is 1.00 e. The summed E-state index contributed by atoms with van der Waals surface area (Å²) in [6.07, 6.45) is 5.65. The second-order valence-corrected chi connectivity index (χ2v) is 6.81. The van der Waals surface area contributed by atoms with E-state index in [0.29, 0.717) is 6.61 Å². The number of carbonyl (C=O) groups is 1. The fraction of sp³-hybridized carbons (Fsp3) is 0.611. The van der Waals surface area contributed by atoms with Crippen LogP contribution in [0.25, 0.3) is 0 Å². The Kier molecular flexibility index (Phi) is 7.91. The highest BCUT2D eigenvalue weighted by Crippen LogP contribution is 2.24. The van der Waals surface area contributed by atoms with Gasteiger partial charge >= 0.3 is 5.97 Å². The fourth-order valence-electron chi connectivity index (χ4n) is 3.01. The van der Waals surface area contributed by atoms with Crippen LogP contribution in [0.5, 0.6) is 0 Å². The minimum absolute atomic E-state index is 0. The van der Waals surface area contributed by atoms with Gasteiger partial charge < -0.3 is 21.6 Å². The smallest absolute Gasteiger partial charge is 0.309 e. The second-order valence-electron chi connectivity index (χ2n) is 6.81. The number of carbonyl (C=O) groups excluding carboxylic acids is 1. The molecule has 124 valence electrons. The molecule has 1 saturated carbocycles. The van der Waals surface area contributed by atoms with Crippen LogP contribution >= 0.6 is 0 Å². The van der Waals surface area contributed by atoms with Crippen LogP contribution < -0.4 is 12.4 Å². The Morgan fingerprint density at radius 2 is 1.77 bits per heavy atom. The van der Waals surface area contributed by atoms with Gasteiger partial charge in [0.2, 0.25) is 0 Å². The summed E-state index contributed by atoms with van der Waals surface area (Å²) >= 11 is 0. The Hall–Kier alpha value is -1.06. The van der Waals surface area contributed by atoms with Crippen molar-refractivity contribution in [2.75, 3.05) is 27.2 Å². The van der Waals surface area contributed by atoms with Crippen molar-refractivity contribution in [1.82, 2.24) is 0 Å². The summed E-state index contributed by atoms with van der Waals surface area (Å²) in [7, 11) is 4.36. The van der Waals surface area contributed by atoms with Gasteiger partial charge in [-0.15, -0.1) is 0 Å². The van der Waals surface area contributed by atoms with E-state index in [-0.39, 0.29) is 24.3 Å². The van der Waals surface area contributed by atoms with Crippen LogP contribution in [0.1, 0.15) is 37.7 Å². The predicted octanol–water partition coefficient (Wildman–Crippen LogP) is 0.391. The van der Waals surface area contributed by atoms with Crippen molar-refractivity contribution in [2.45, 2.75) is 38.6 Å². The van der Waals surface area contributed by atoms with Crippen molar-refractivity contribution in [3.05, 3.63) is 35.9 Å². The molecule has 1 aromatic carbocycles. The van der Waals surface area contributed by atoms with Gasteiger partial charge in [0.15, 0.2) is 0 Å². The molecule has 1 aliphatic rings. The quantitative estimate of drug-likeness (QED) is 0.559. The number of ether oxygens (including phenoxy) is 1. The van der Waals surface area contributed by atoms with E-state index in [9.17, 15) is 4.79 Å². The van der Waals surface area contributed by atoms with Crippen molar-refractivity contribution < 1.29 is 26.4 Å². The van der Waals surface area contributed by atoms with Crippen LogP contribution in [0, 0.1) is 5.92 Å². The lowest BCUT2D eigenvalue weighted by Gasteiger charge is -2.30. The summed E-state index contributed by atoms with van der Waals surface area (Å²) in [5, 5.41) is 0. The Balaban J connectivity index is 0.00000242. The summed E-state index contributed by atoms with van der Waals surface area (Å²) in [5.41, 5.74) is 1.32. The average Bonchev–Trinajstić information content (AvgIpc) is 2.48. The molecule has 22 heavy (non-hydrogen) atoms. The van der Waals surface area contributed by atoms with Crippen molar-refractivity contribution in [3.63, 3.8) is 0 Å². The second kappa shape index (κ2) is 9.16. The molecule has 1 aromatic rings. The number of halogens is 1. The first-order valence-corrected chi connectivity index (χ1v) is 8.09. The molecule has 2 rings (SSSR count). The molecule has 0 heterocycles. The standard InChI is InChI=1S/C18H28NO2.ClH/c1-19(2,15-16-9-5-3-6-10-16)13-14-21-18(20)17-11-7-4-8-12-17;/h3,5-6,9-10,17H,4,7-8,11-15H2,1-2H3;1H/q+1;/p-1. The van der Waals surface area contributed by atoms with Crippen molar-refractivity contribution >= 4 is 5.97 Å². The zero-order valence-electron chi connectivity index (χ0n) is 13.8. The maximum Gasteiger partial charge on any atom is 0.309 e. The van der Waals surface area contributed by atoms with Crippen molar-refractivity contribution in [1.29, 1.82) is 0 Å². The van der Waals surface area contributed by atoms with Gasteiger partial charge in [-0.2, -0.15) is 0 Å². The minimum atomic E-state index is 0. The molecule has 1 aliphatic carbocycles. The van der Waals surface area contributed by atoms with Crippen molar-refractivity contribution in [2.24, 2.45) is 5.92 Å². The molecule has 0 aliphatic heterocycles. The number of esters is 1. The highest BCUT2D eigenvalue weighted by atomic mass is 35.5. The van der Waals surface area contributed by atoms with Gasteiger partial charge in [0.05, 0.1) is 20.0 Å². The van der Waals surface area contributed by atoms with Crippen LogP contribution in [-0.4, -0.2) is 37.7 Å². The first-order chi connectivity index (χ1) is 10.1. The molecule has 0 amide bonds. The van der Waals surface area contributed by atoms with E-state index in [1.54, 1.807) is 0 Å². The maximum absolute atomic E-state index is 12.0. The highest BCUT2D eigenvalue weighted by molar-refractivity contribution is 5.72. The van der Waals surface area contributed by atoms with E-state index in [4.69, 9.17) is 4.74 Å². The summed E-state index contributed by atoms with van der Waals surface area (Å²) in [5.74, 6) is 0.179. The topological polar surface area (TPSA) is 26.3 Å². The number of likely N-dealkylation sites (N-methyl/N-ethyl adjacent to an activating group) is 1. The number of rotatable bonds is 6. The molecule has 4 heteroatoms. The van der Waals surface area contributed by atoms with E-state index in [1.807, 2.05) is 6.07 Å². The zero-order valence-corrected chi connectivity index (χ0v) is 14.5. The Morgan fingerprint density at radius 1 is 1.14 bits per heavy atom. The third-order valence-electron chi connectivity index (χ3n) is 4.33. The van der Waals surface area contributed by atoms with E-state index in [1.165, 1.54) is 24.8 Å². The summed E-state index contributed by atoms with van der Waals surface area (Å²) in [4.78, 5) is 12.0. The van der Waals surface area contributed by atoms with E-state index < -0.39 is 0 Å². The van der Waals surface area contributed by atoms with Gasteiger partial charge in [-0.25, -0.2) is 0 Å². The zero-order chi connectivity index (χ0) is 15.1. The molecule has 0 spiro atoms. The number of hydrogen-bond donors (Lipinski definition) is 0. The molecule has 0 bridgehead atoms. The maximum atomic E-state index is 12.0. The molecule has 1 fully saturated rings.